The summed E-state index contributed by atoms with van der Waals surface area (Å²) in [6, 6.07) is 7.33. The number of piperidine rings is 1. The number of hydrogen-bond acceptors (Lipinski definition) is 4. The number of nitrogens with one attached hydrogen (secondary N) is 1. The third-order valence-electron chi connectivity index (χ3n) is 4.19. The molecule has 7 heteroatoms. The van der Waals surface area contributed by atoms with Gasteiger partial charge in [0, 0.05) is 18.7 Å². The van der Waals surface area contributed by atoms with Crippen molar-refractivity contribution in [1.29, 1.82) is 0 Å². The van der Waals surface area contributed by atoms with E-state index in [0.29, 0.717) is 19.4 Å². The van der Waals surface area contributed by atoms with Gasteiger partial charge in [-0.2, -0.15) is 0 Å². The fraction of sp³-hybridized carbons (Fsp3) is 0.562. The van der Waals surface area contributed by atoms with Gasteiger partial charge in [0.25, 0.3) is 0 Å². The Kier molecular flexibility index (Phi) is 5.64. The summed E-state index contributed by atoms with van der Waals surface area (Å²) in [6.07, 6.45) is 2.59. The number of methoxy groups -OCH3 is 1. The van der Waals surface area contributed by atoms with Crippen molar-refractivity contribution in [1.82, 2.24) is 9.62 Å². The number of carbonyl (C=O) groups excluding carboxylic acids is 1. The SMILES string of the molecule is COc1ccccc1[C@@H](C)NC(=O)[C@H]1CCCN(S(C)(=O)=O)C1. The molecule has 2 rings (SSSR count). The van der Waals surface area contributed by atoms with E-state index in [1.165, 1.54) is 10.6 Å². The van der Waals surface area contributed by atoms with E-state index in [2.05, 4.69) is 5.32 Å². The summed E-state index contributed by atoms with van der Waals surface area (Å²) in [5.74, 6) is 0.300. The molecule has 1 saturated heterocycles. The predicted octanol–water partition coefficient (Wildman–Crippen LogP) is 1.54. The van der Waals surface area contributed by atoms with Crippen LogP contribution < -0.4 is 10.1 Å². The van der Waals surface area contributed by atoms with Crippen molar-refractivity contribution >= 4 is 15.9 Å². The average Bonchev–Trinajstić information content (AvgIpc) is 2.54. The maximum absolute atomic E-state index is 12.5. The first kappa shape index (κ1) is 17.7. The predicted molar refractivity (Wildman–Crippen MR) is 88.7 cm³/mol. The number of sulfonamides is 1. The molecule has 1 amide bonds. The number of amides is 1. The summed E-state index contributed by atoms with van der Waals surface area (Å²) in [6.45, 7) is 2.64. The first-order valence-corrected chi connectivity index (χ1v) is 9.56. The molecule has 0 aliphatic carbocycles. The summed E-state index contributed by atoms with van der Waals surface area (Å²) in [7, 11) is -1.65. The second kappa shape index (κ2) is 7.31. The molecule has 2 atom stereocenters. The molecule has 0 radical (unpaired) electrons. The summed E-state index contributed by atoms with van der Waals surface area (Å²) >= 11 is 0. The van der Waals surface area contributed by atoms with Crippen LogP contribution in [-0.2, 0) is 14.8 Å². The lowest BCUT2D eigenvalue weighted by molar-refractivity contribution is -0.126. The summed E-state index contributed by atoms with van der Waals surface area (Å²) in [4.78, 5) is 12.5. The third kappa shape index (κ3) is 4.45. The topological polar surface area (TPSA) is 75.7 Å². The van der Waals surface area contributed by atoms with Crippen molar-refractivity contribution in [3.8, 4) is 5.75 Å². The van der Waals surface area contributed by atoms with E-state index in [9.17, 15) is 13.2 Å². The minimum Gasteiger partial charge on any atom is -0.496 e. The molecule has 0 spiro atoms. The second-order valence-electron chi connectivity index (χ2n) is 5.93. The number of nitrogens with zero attached hydrogens (tertiary/aromatic N) is 1. The molecule has 0 aromatic heterocycles. The van der Waals surface area contributed by atoms with Gasteiger partial charge in [-0.3, -0.25) is 4.79 Å². The Balaban J connectivity index is 2.03. The van der Waals surface area contributed by atoms with Crippen LogP contribution in [0.3, 0.4) is 0 Å². The van der Waals surface area contributed by atoms with Crippen LogP contribution in [0.2, 0.25) is 0 Å². The molecule has 1 aliphatic rings. The van der Waals surface area contributed by atoms with Crippen LogP contribution >= 0.6 is 0 Å². The van der Waals surface area contributed by atoms with Crippen molar-refractivity contribution in [2.45, 2.75) is 25.8 Å². The van der Waals surface area contributed by atoms with E-state index in [-0.39, 0.29) is 24.4 Å². The van der Waals surface area contributed by atoms with E-state index < -0.39 is 10.0 Å². The Labute approximate surface area is 137 Å². The van der Waals surface area contributed by atoms with Crippen LogP contribution in [0.5, 0.6) is 5.75 Å². The van der Waals surface area contributed by atoms with Crippen LogP contribution in [0.1, 0.15) is 31.4 Å². The maximum Gasteiger partial charge on any atom is 0.224 e. The van der Waals surface area contributed by atoms with Gasteiger partial charge in [-0.25, -0.2) is 12.7 Å². The van der Waals surface area contributed by atoms with Gasteiger partial charge in [0.1, 0.15) is 5.75 Å². The lowest BCUT2D eigenvalue weighted by Crippen LogP contribution is -2.45. The number of carbonyl (C=O) groups is 1. The number of hydrogen-bond donors (Lipinski definition) is 1. The smallest absolute Gasteiger partial charge is 0.224 e. The Morgan fingerprint density at radius 3 is 2.74 bits per heavy atom. The van der Waals surface area contributed by atoms with Crippen molar-refractivity contribution < 1.29 is 17.9 Å². The maximum atomic E-state index is 12.5. The van der Waals surface area contributed by atoms with E-state index in [1.807, 2.05) is 31.2 Å². The lowest BCUT2D eigenvalue weighted by Gasteiger charge is -2.31. The average molecular weight is 340 g/mol. The van der Waals surface area contributed by atoms with Crippen LogP contribution in [0.25, 0.3) is 0 Å². The minimum atomic E-state index is -3.25. The molecule has 1 aromatic rings. The van der Waals surface area contributed by atoms with Gasteiger partial charge >= 0.3 is 0 Å². The molecule has 128 valence electrons. The van der Waals surface area contributed by atoms with Gasteiger partial charge in [0.05, 0.1) is 25.3 Å². The number of ether oxygens (including phenoxy) is 1. The molecule has 0 bridgehead atoms. The molecule has 1 heterocycles. The van der Waals surface area contributed by atoms with Gasteiger partial charge in [-0.15, -0.1) is 0 Å². The molecular weight excluding hydrogens is 316 g/mol. The van der Waals surface area contributed by atoms with Crippen LogP contribution in [0.4, 0.5) is 0 Å². The number of rotatable bonds is 5. The largest absolute Gasteiger partial charge is 0.496 e. The van der Waals surface area contributed by atoms with Gasteiger partial charge in [-0.1, -0.05) is 18.2 Å². The van der Waals surface area contributed by atoms with Gasteiger partial charge in [0.2, 0.25) is 15.9 Å². The summed E-state index contributed by atoms with van der Waals surface area (Å²) < 4.78 is 30.0. The van der Waals surface area contributed by atoms with Crippen LogP contribution in [-0.4, -0.2) is 45.1 Å². The molecule has 1 aromatic carbocycles. The zero-order valence-electron chi connectivity index (χ0n) is 13.8. The lowest BCUT2D eigenvalue weighted by atomic mass is 9.97. The molecule has 0 saturated carbocycles. The van der Waals surface area contributed by atoms with Gasteiger partial charge in [0.15, 0.2) is 0 Å². The van der Waals surface area contributed by atoms with Crippen molar-refractivity contribution in [2.75, 3.05) is 26.5 Å². The normalized spacial score (nSPS) is 20.7. The van der Waals surface area contributed by atoms with Crippen molar-refractivity contribution in [3.63, 3.8) is 0 Å². The molecular formula is C16H24N2O4S. The first-order valence-electron chi connectivity index (χ1n) is 7.71. The molecule has 23 heavy (non-hydrogen) atoms. The molecule has 6 nitrogen and oxygen atoms in total. The monoisotopic (exact) mass is 340 g/mol. The van der Waals surface area contributed by atoms with Crippen LogP contribution in [0, 0.1) is 5.92 Å². The molecule has 0 unspecified atom stereocenters. The van der Waals surface area contributed by atoms with Gasteiger partial charge in [-0.05, 0) is 25.8 Å². The summed E-state index contributed by atoms with van der Waals surface area (Å²) in [5, 5.41) is 2.97. The number of benzene rings is 1. The number of para-hydroxylation sites is 1. The molecule has 1 N–H and O–H groups in total. The van der Waals surface area contributed by atoms with Crippen molar-refractivity contribution in [2.24, 2.45) is 5.92 Å². The first-order chi connectivity index (χ1) is 10.8. The highest BCUT2D eigenvalue weighted by atomic mass is 32.2. The molecule has 1 aliphatic heterocycles. The molecule has 1 fully saturated rings. The summed E-state index contributed by atoms with van der Waals surface area (Å²) in [5.41, 5.74) is 0.902. The standard InChI is InChI=1S/C16H24N2O4S/c1-12(14-8-4-5-9-15(14)22-2)17-16(19)13-7-6-10-18(11-13)23(3,20)21/h4-5,8-9,12-13H,6-7,10-11H2,1-3H3,(H,17,19)/t12-,13+/m1/s1. The van der Waals surface area contributed by atoms with E-state index >= 15 is 0 Å². The van der Waals surface area contributed by atoms with Crippen LogP contribution in [0.15, 0.2) is 24.3 Å². The Morgan fingerprint density at radius 2 is 2.09 bits per heavy atom. The third-order valence-corrected chi connectivity index (χ3v) is 5.46. The highest BCUT2D eigenvalue weighted by molar-refractivity contribution is 7.88. The highest BCUT2D eigenvalue weighted by Gasteiger charge is 2.30. The zero-order valence-corrected chi connectivity index (χ0v) is 14.6. The Hall–Kier alpha value is -1.60. The minimum absolute atomic E-state index is 0.114. The zero-order chi connectivity index (χ0) is 17.0. The van der Waals surface area contributed by atoms with Crippen molar-refractivity contribution in [3.05, 3.63) is 29.8 Å². The van der Waals surface area contributed by atoms with E-state index in [1.54, 1.807) is 7.11 Å². The Morgan fingerprint density at radius 1 is 1.39 bits per heavy atom. The van der Waals surface area contributed by atoms with Gasteiger partial charge < -0.3 is 10.1 Å². The highest BCUT2D eigenvalue weighted by Crippen LogP contribution is 2.25. The quantitative estimate of drug-likeness (QED) is 0.882. The fourth-order valence-electron chi connectivity index (χ4n) is 2.89. The fourth-order valence-corrected chi connectivity index (χ4v) is 3.80. The Bertz CT molecular complexity index is 660. The van der Waals surface area contributed by atoms with E-state index in [0.717, 1.165) is 11.3 Å². The van der Waals surface area contributed by atoms with E-state index in [4.69, 9.17) is 4.74 Å². The second-order valence-corrected chi connectivity index (χ2v) is 7.91.